The van der Waals surface area contributed by atoms with Crippen LogP contribution in [0.2, 0.25) is 0 Å². The highest BCUT2D eigenvalue weighted by atomic mass is 19.3. The number of pyridine rings is 1. The van der Waals surface area contributed by atoms with Gasteiger partial charge in [-0.05, 0) is 41.8 Å². The van der Waals surface area contributed by atoms with Crippen LogP contribution in [0.4, 0.5) is 8.78 Å². The lowest BCUT2D eigenvalue weighted by Crippen LogP contribution is -2.19. The Balaban J connectivity index is 1.53. The highest BCUT2D eigenvalue weighted by Gasteiger charge is 2.49. The number of aromatic nitrogens is 1. The molecule has 2 aromatic carbocycles. The van der Waals surface area contributed by atoms with Gasteiger partial charge in [-0.2, -0.15) is 5.26 Å². The third kappa shape index (κ3) is 5.48. The highest BCUT2D eigenvalue weighted by molar-refractivity contribution is 6.08. The van der Waals surface area contributed by atoms with Gasteiger partial charge < -0.3 is 0 Å². The molecule has 1 fully saturated rings. The molecule has 0 aliphatic heterocycles. The van der Waals surface area contributed by atoms with Crippen molar-refractivity contribution in [3.63, 3.8) is 0 Å². The Morgan fingerprint density at radius 1 is 1.03 bits per heavy atom. The van der Waals surface area contributed by atoms with Crippen molar-refractivity contribution in [1.82, 2.24) is 4.98 Å². The van der Waals surface area contributed by atoms with Crippen molar-refractivity contribution in [1.29, 1.82) is 5.26 Å². The summed E-state index contributed by atoms with van der Waals surface area (Å²) in [4.78, 5) is 41.3. The summed E-state index contributed by atoms with van der Waals surface area (Å²) in [6.07, 6.45) is 0.344. The molecule has 3 aromatic rings. The van der Waals surface area contributed by atoms with Gasteiger partial charge in [-0.15, -0.1) is 0 Å². The van der Waals surface area contributed by atoms with Gasteiger partial charge in [-0.1, -0.05) is 30.3 Å². The Hall–Kier alpha value is -3.79. The number of fused-ring (bicyclic) bond motifs is 1. The Morgan fingerprint density at radius 2 is 1.74 bits per heavy atom. The molecule has 1 aliphatic rings. The normalized spacial score (nSPS) is 18.8. The summed E-state index contributed by atoms with van der Waals surface area (Å²) in [5.74, 6) is -5.73. The van der Waals surface area contributed by atoms with Gasteiger partial charge in [0.2, 0.25) is 5.92 Å². The second kappa shape index (κ2) is 9.83. The summed E-state index contributed by atoms with van der Waals surface area (Å²) < 4.78 is 27.4. The van der Waals surface area contributed by atoms with E-state index in [1.54, 1.807) is 13.0 Å². The van der Waals surface area contributed by atoms with Gasteiger partial charge in [0.1, 0.15) is 11.6 Å². The number of carbonyl (C=O) groups excluding carboxylic acids is 3. The predicted octanol–water partition coefficient (Wildman–Crippen LogP) is 5.75. The topological polar surface area (TPSA) is 87.9 Å². The van der Waals surface area contributed by atoms with E-state index in [9.17, 15) is 23.2 Å². The summed E-state index contributed by atoms with van der Waals surface area (Å²) >= 11 is 0. The predicted molar refractivity (Wildman–Crippen MR) is 127 cm³/mol. The van der Waals surface area contributed by atoms with Gasteiger partial charge >= 0.3 is 0 Å². The number of carbonyl (C=O) groups is 3. The first-order chi connectivity index (χ1) is 16.7. The lowest BCUT2D eigenvalue weighted by molar-refractivity contribution is -0.124. The fourth-order valence-corrected chi connectivity index (χ4v) is 4.71. The van der Waals surface area contributed by atoms with Crippen LogP contribution in [-0.2, 0) is 16.0 Å². The Labute approximate surface area is 201 Å². The molecule has 0 spiro atoms. The van der Waals surface area contributed by atoms with Crippen molar-refractivity contribution in [2.45, 2.75) is 45.0 Å². The molecule has 0 radical (unpaired) electrons. The summed E-state index contributed by atoms with van der Waals surface area (Å²) in [6.45, 7) is 1.54. The van der Waals surface area contributed by atoms with E-state index in [4.69, 9.17) is 5.26 Å². The SMILES string of the molecule is CC(=O)Cc1ccc(-c2ccc3nccc(C(=O)CCC(=O)C4CC(F)(F)C[C@H]4C#N)c3c2)cc1. The first kappa shape index (κ1) is 24.3. The fourth-order valence-electron chi connectivity index (χ4n) is 4.71. The van der Waals surface area contributed by atoms with Crippen molar-refractivity contribution in [2.24, 2.45) is 11.8 Å². The average Bonchev–Trinajstić information content (AvgIpc) is 3.16. The van der Waals surface area contributed by atoms with Gasteiger partial charge in [0.15, 0.2) is 5.78 Å². The molecule has 0 saturated heterocycles. The second-order valence-corrected chi connectivity index (χ2v) is 9.16. The molecule has 1 heterocycles. The summed E-state index contributed by atoms with van der Waals surface area (Å²) in [6, 6.07) is 16.6. The van der Waals surface area contributed by atoms with E-state index in [1.807, 2.05) is 48.5 Å². The van der Waals surface area contributed by atoms with Crippen LogP contribution in [0.5, 0.6) is 0 Å². The number of ketones is 3. The van der Waals surface area contributed by atoms with Crippen molar-refractivity contribution < 1.29 is 23.2 Å². The largest absolute Gasteiger partial charge is 0.300 e. The summed E-state index contributed by atoms with van der Waals surface area (Å²) in [5.41, 5.74) is 3.74. The van der Waals surface area contributed by atoms with E-state index in [0.29, 0.717) is 22.9 Å². The second-order valence-electron chi connectivity index (χ2n) is 9.16. The van der Waals surface area contributed by atoms with Gasteiger partial charge in [-0.25, -0.2) is 8.78 Å². The van der Waals surface area contributed by atoms with E-state index in [1.165, 1.54) is 6.20 Å². The van der Waals surface area contributed by atoms with Crippen LogP contribution in [-0.4, -0.2) is 28.3 Å². The molecular formula is C28H24F2N2O3. The summed E-state index contributed by atoms with van der Waals surface area (Å²) in [7, 11) is 0. The Bertz CT molecular complexity index is 1340. The third-order valence-electron chi connectivity index (χ3n) is 6.48. The first-order valence-corrected chi connectivity index (χ1v) is 11.5. The highest BCUT2D eigenvalue weighted by Crippen LogP contribution is 2.43. The molecule has 7 heteroatoms. The number of hydrogen-bond acceptors (Lipinski definition) is 5. The quantitative estimate of drug-likeness (QED) is 0.388. The van der Waals surface area contributed by atoms with E-state index < -0.39 is 36.4 Å². The molecule has 1 saturated carbocycles. The molecule has 0 amide bonds. The number of benzene rings is 2. The zero-order valence-electron chi connectivity index (χ0n) is 19.3. The maximum Gasteiger partial charge on any atom is 0.250 e. The van der Waals surface area contributed by atoms with Gasteiger partial charge in [0.05, 0.1) is 17.5 Å². The van der Waals surface area contributed by atoms with E-state index in [-0.39, 0.29) is 24.4 Å². The van der Waals surface area contributed by atoms with Gasteiger partial charge in [0, 0.05) is 55.2 Å². The Morgan fingerprint density at radius 3 is 2.43 bits per heavy atom. The number of alkyl halides is 2. The van der Waals surface area contributed by atoms with Crippen LogP contribution in [0.3, 0.4) is 0 Å². The number of rotatable bonds is 8. The van der Waals surface area contributed by atoms with Gasteiger partial charge in [0.25, 0.3) is 0 Å². The van der Waals surface area contributed by atoms with Gasteiger partial charge in [-0.3, -0.25) is 19.4 Å². The van der Waals surface area contributed by atoms with Crippen LogP contribution < -0.4 is 0 Å². The number of nitrogens with zero attached hydrogens (tertiary/aromatic N) is 2. The van der Waals surface area contributed by atoms with Crippen LogP contribution in [0, 0.1) is 23.2 Å². The van der Waals surface area contributed by atoms with E-state index in [2.05, 4.69) is 4.98 Å². The fraction of sp³-hybridized carbons (Fsp3) is 0.321. The monoisotopic (exact) mass is 474 g/mol. The Kier molecular flexibility index (Phi) is 6.83. The van der Waals surface area contributed by atoms with E-state index >= 15 is 0 Å². The number of nitriles is 1. The maximum atomic E-state index is 13.7. The molecule has 178 valence electrons. The number of halogens is 2. The van der Waals surface area contributed by atoms with Crippen LogP contribution >= 0.6 is 0 Å². The molecule has 35 heavy (non-hydrogen) atoms. The zero-order chi connectivity index (χ0) is 25.2. The molecule has 2 atom stereocenters. The van der Waals surface area contributed by atoms with Crippen LogP contribution in [0.15, 0.2) is 54.7 Å². The average molecular weight is 475 g/mol. The smallest absolute Gasteiger partial charge is 0.250 e. The lowest BCUT2D eigenvalue weighted by Gasteiger charge is -2.12. The molecule has 1 aliphatic carbocycles. The first-order valence-electron chi connectivity index (χ1n) is 11.5. The van der Waals surface area contributed by atoms with E-state index in [0.717, 1.165) is 16.7 Å². The van der Waals surface area contributed by atoms with Crippen molar-refractivity contribution in [3.8, 4) is 17.2 Å². The molecule has 5 nitrogen and oxygen atoms in total. The number of Topliss-reactive ketones (excluding diaryl/α,β-unsaturated/α-hetero) is 3. The van der Waals surface area contributed by atoms with Crippen molar-refractivity contribution >= 4 is 28.3 Å². The molecule has 4 rings (SSSR count). The molecule has 1 unspecified atom stereocenters. The standard InChI is InChI=1S/C28H24F2N2O3/c1-17(33)12-18-2-4-19(5-3-18)20-6-7-25-23(13-20)22(10-11-32-25)26(34)8-9-27(35)24-15-28(29,30)14-21(24)16-31/h2-7,10-11,13,21,24H,8-9,12,14-15H2,1H3/t21-,24?/m0/s1. The molecule has 0 bridgehead atoms. The lowest BCUT2D eigenvalue weighted by atomic mass is 9.89. The van der Waals surface area contributed by atoms with Crippen LogP contribution in [0.1, 0.15) is 48.5 Å². The van der Waals surface area contributed by atoms with Crippen molar-refractivity contribution in [2.75, 3.05) is 0 Å². The minimum Gasteiger partial charge on any atom is -0.300 e. The third-order valence-corrected chi connectivity index (χ3v) is 6.48. The number of hydrogen-bond donors (Lipinski definition) is 0. The maximum absolute atomic E-state index is 13.7. The van der Waals surface area contributed by atoms with Crippen molar-refractivity contribution in [3.05, 3.63) is 65.9 Å². The summed E-state index contributed by atoms with van der Waals surface area (Å²) in [5, 5.41) is 9.78. The molecule has 0 N–H and O–H groups in total. The van der Waals surface area contributed by atoms with Crippen LogP contribution in [0.25, 0.3) is 22.0 Å². The molecular weight excluding hydrogens is 450 g/mol. The zero-order valence-corrected chi connectivity index (χ0v) is 19.3. The minimum absolute atomic E-state index is 0.0842. The minimum atomic E-state index is -3.02. The molecule has 1 aromatic heterocycles.